The van der Waals surface area contributed by atoms with Gasteiger partial charge in [-0.05, 0) is 32.8 Å². The molecule has 0 amide bonds. The predicted octanol–water partition coefficient (Wildman–Crippen LogP) is 3.27. The smallest absolute Gasteiger partial charge is 0.190 e. The van der Waals surface area contributed by atoms with Crippen molar-refractivity contribution in [2.45, 2.75) is 69.8 Å². The van der Waals surface area contributed by atoms with Gasteiger partial charge in [-0.15, -0.1) is 0 Å². The molecule has 4 aliphatic rings. The second kappa shape index (κ2) is 5.88. The van der Waals surface area contributed by atoms with Crippen molar-refractivity contribution in [2.24, 2.45) is 5.92 Å². The summed E-state index contributed by atoms with van der Waals surface area (Å²) in [6.07, 6.45) is -0.203. The van der Waals surface area contributed by atoms with Crippen molar-refractivity contribution in [1.82, 2.24) is 0 Å². The average Bonchev–Trinajstić information content (AvgIpc) is 3.07. The molecular formula is C21H26O5. The van der Waals surface area contributed by atoms with Gasteiger partial charge in [-0.1, -0.05) is 42.0 Å². The molecule has 0 radical (unpaired) electrons. The molecule has 140 valence electrons. The topological polar surface area (TPSA) is 46.2 Å². The van der Waals surface area contributed by atoms with Gasteiger partial charge in [-0.3, -0.25) is 0 Å². The highest BCUT2D eigenvalue weighted by Crippen LogP contribution is 2.48. The lowest BCUT2D eigenvalue weighted by atomic mass is 9.80. The number of benzene rings is 1. The molecule has 0 aromatic heterocycles. The van der Waals surface area contributed by atoms with Gasteiger partial charge >= 0.3 is 0 Å². The summed E-state index contributed by atoms with van der Waals surface area (Å²) in [5, 5.41) is 0. The lowest BCUT2D eigenvalue weighted by Gasteiger charge is -2.46. The lowest BCUT2D eigenvalue weighted by Crippen LogP contribution is -2.55. The van der Waals surface area contributed by atoms with Crippen LogP contribution in [0.4, 0.5) is 0 Å². The fourth-order valence-electron chi connectivity index (χ4n) is 4.62. The van der Waals surface area contributed by atoms with Gasteiger partial charge in [-0.25, -0.2) is 0 Å². The number of ether oxygens (including phenoxy) is 5. The second-order valence-corrected chi connectivity index (χ2v) is 8.34. The average molecular weight is 358 g/mol. The van der Waals surface area contributed by atoms with Gasteiger partial charge in [0.05, 0.1) is 18.8 Å². The van der Waals surface area contributed by atoms with Crippen LogP contribution in [0.1, 0.15) is 37.5 Å². The van der Waals surface area contributed by atoms with Gasteiger partial charge in [0.1, 0.15) is 18.3 Å². The Bertz CT molecular complexity index is 712. The molecule has 4 fully saturated rings. The van der Waals surface area contributed by atoms with Crippen LogP contribution in [0.15, 0.2) is 36.4 Å². The monoisotopic (exact) mass is 358 g/mol. The Balaban J connectivity index is 1.39. The van der Waals surface area contributed by atoms with Crippen LogP contribution in [0.2, 0.25) is 0 Å². The Morgan fingerprint density at radius 1 is 0.962 bits per heavy atom. The molecule has 4 aliphatic heterocycles. The maximum absolute atomic E-state index is 6.54. The Morgan fingerprint density at radius 3 is 2.50 bits per heavy atom. The summed E-state index contributed by atoms with van der Waals surface area (Å²) in [6.45, 7) is 10.8. The van der Waals surface area contributed by atoms with Crippen LogP contribution in [0.3, 0.4) is 0 Å². The van der Waals surface area contributed by atoms with Gasteiger partial charge in [0.25, 0.3) is 0 Å². The van der Waals surface area contributed by atoms with Crippen LogP contribution in [0, 0.1) is 12.8 Å². The van der Waals surface area contributed by atoms with Crippen LogP contribution in [-0.4, -0.2) is 43.1 Å². The molecule has 0 saturated carbocycles. The van der Waals surface area contributed by atoms with E-state index in [-0.39, 0.29) is 36.4 Å². The first-order valence-electron chi connectivity index (χ1n) is 9.44. The summed E-state index contributed by atoms with van der Waals surface area (Å²) in [5.74, 6) is -0.480. The van der Waals surface area contributed by atoms with Crippen LogP contribution < -0.4 is 0 Å². The number of fused-ring (bicyclic) bond motifs is 5. The van der Waals surface area contributed by atoms with Crippen LogP contribution in [-0.2, 0) is 23.7 Å². The van der Waals surface area contributed by atoms with Crippen molar-refractivity contribution >= 4 is 0 Å². The van der Waals surface area contributed by atoms with Crippen molar-refractivity contribution in [3.8, 4) is 0 Å². The molecular weight excluding hydrogens is 332 g/mol. The standard InChI is InChI=1S/C21H26O5/c1-11-5-7-13(8-6-11)15-9-12(2)14-10-22-17-18(16(14)23-15)24-20-19(17)25-21(3,4)26-20/h5-8,14-20H,2,9-10H2,1,3-4H3/t14-,15+,16-,17-,18+,19+,20+/m0/s1. The van der Waals surface area contributed by atoms with Gasteiger partial charge in [0.15, 0.2) is 12.1 Å². The number of hydrogen-bond donors (Lipinski definition) is 0. The van der Waals surface area contributed by atoms with Crippen molar-refractivity contribution in [3.63, 3.8) is 0 Å². The zero-order valence-corrected chi connectivity index (χ0v) is 15.5. The maximum atomic E-state index is 6.54. The van der Waals surface area contributed by atoms with E-state index in [1.54, 1.807) is 0 Å². The van der Waals surface area contributed by atoms with E-state index >= 15 is 0 Å². The highest BCUT2D eigenvalue weighted by atomic mass is 16.8. The molecule has 7 atom stereocenters. The van der Waals surface area contributed by atoms with Crippen molar-refractivity contribution in [3.05, 3.63) is 47.5 Å². The van der Waals surface area contributed by atoms with Gasteiger partial charge < -0.3 is 23.7 Å². The maximum Gasteiger partial charge on any atom is 0.190 e. The Morgan fingerprint density at radius 2 is 1.73 bits per heavy atom. The zero-order valence-electron chi connectivity index (χ0n) is 15.5. The third-order valence-corrected chi connectivity index (χ3v) is 5.96. The molecule has 5 rings (SSSR count). The lowest BCUT2D eigenvalue weighted by molar-refractivity contribution is -0.260. The fraction of sp³-hybridized carbons (Fsp3) is 0.619. The molecule has 5 heteroatoms. The molecule has 0 spiro atoms. The number of aryl methyl sites for hydroxylation is 1. The van der Waals surface area contributed by atoms with E-state index in [9.17, 15) is 0 Å². The summed E-state index contributed by atoms with van der Waals surface area (Å²) in [4.78, 5) is 0. The third kappa shape index (κ3) is 2.65. The molecule has 4 heterocycles. The van der Waals surface area contributed by atoms with Gasteiger partial charge in [-0.2, -0.15) is 0 Å². The SMILES string of the molecule is C=C1C[C@H](c2ccc(C)cc2)O[C@@H]2[C@H]3O[C@@H]4OC(C)(C)O[C@@H]4[C@H]3OC[C@@H]12. The summed E-state index contributed by atoms with van der Waals surface area (Å²) in [7, 11) is 0. The van der Waals surface area contributed by atoms with E-state index in [0.29, 0.717) is 6.61 Å². The van der Waals surface area contributed by atoms with Crippen molar-refractivity contribution in [1.29, 1.82) is 0 Å². The first kappa shape index (κ1) is 16.9. The fourth-order valence-corrected chi connectivity index (χ4v) is 4.62. The second-order valence-electron chi connectivity index (χ2n) is 8.34. The van der Waals surface area contributed by atoms with Crippen LogP contribution in [0.5, 0.6) is 0 Å². The largest absolute Gasteiger partial charge is 0.372 e. The zero-order chi connectivity index (χ0) is 18.1. The van der Waals surface area contributed by atoms with E-state index in [1.165, 1.54) is 16.7 Å². The van der Waals surface area contributed by atoms with E-state index < -0.39 is 12.1 Å². The van der Waals surface area contributed by atoms with Gasteiger partial charge in [0.2, 0.25) is 0 Å². The molecule has 0 bridgehead atoms. The van der Waals surface area contributed by atoms with E-state index in [2.05, 4.69) is 37.8 Å². The minimum atomic E-state index is -0.637. The van der Waals surface area contributed by atoms with Crippen molar-refractivity contribution in [2.75, 3.05) is 6.61 Å². The Hall–Kier alpha value is -1.24. The Labute approximate surface area is 154 Å². The third-order valence-electron chi connectivity index (χ3n) is 5.96. The molecule has 4 saturated heterocycles. The van der Waals surface area contributed by atoms with Crippen LogP contribution in [0.25, 0.3) is 0 Å². The number of rotatable bonds is 1. The van der Waals surface area contributed by atoms with E-state index in [4.69, 9.17) is 23.7 Å². The highest BCUT2D eigenvalue weighted by molar-refractivity contribution is 5.26. The normalized spacial score (nSPS) is 43.7. The predicted molar refractivity (Wildman–Crippen MR) is 94.5 cm³/mol. The minimum absolute atomic E-state index is 0.00502. The molecule has 5 nitrogen and oxygen atoms in total. The molecule has 0 N–H and O–H groups in total. The first-order chi connectivity index (χ1) is 12.4. The molecule has 0 aliphatic carbocycles. The summed E-state index contributed by atoms with van der Waals surface area (Å²) in [6, 6.07) is 8.54. The molecule has 1 aromatic carbocycles. The number of hydrogen-bond acceptors (Lipinski definition) is 5. The summed E-state index contributed by atoms with van der Waals surface area (Å²) in [5.41, 5.74) is 3.61. The van der Waals surface area contributed by atoms with Gasteiger partial charge in [0, 0.05) is 5.92 Å². The quantitative estimate of drug-likeness (QED) is 0.721. The summed E-state index contributed by atoms with van der Waals surface area (Å²) < 4.78 is 30.8. The Kier molecular flexibility index (Phi) is 3.82. The highest BCUT2D eigenvalue weighted by Gasteiger charge is 2.61. The molecule has 0 unspecified atom stereocenters. The summed E-state index contributed by atoms with van der Waals surface area (Å²) >= 11 is 0. The molecule has 26 heavy (non-hydrogen) atoms. The van der Waals surface area contributed by atoms with E-state index in [1.807, 2.05) is 13.8 Å². The van der Waals surface area contributed by atoms with E-state index in [0.717, 1.165) is 6.42 Å². The first-order valence-corrected chi connectivity index (χ1v) is 9.44. The minimum Gasteiger partial charge on any atom is -0.372 e. The van der Waals surface area contributed by atoms with Crippen molar-refractivity contribution < 1.29 is 23.7 Å². The van der Waals surface area contributed by atoms with Crippen LogP contribution >= 0.6 is 0 Å². The molecule has 1 aromatic rings.